The first-order valence-corrected chi connectivity index (χ1v) is 8.82. The van der Waals surface area contributed by atoms with Crippen LogP contribution in [0, 0.1) is 6.92 Å². The molecular formula is C21H27NO5. The van der Waals surface area contributed by atoms with Gasteiger partial charge in [0, 0.05) is 6.07 Å². The largest absolute Gasteiger partial charge is 0.496 e. The number of hydrogen-bond donors (Lipinski definition) is 1. The van der Waals surface area contributed by atoms with Gasteiger partial charge in [0.15, 0.2) is 17.6 Å². The molecule has 0 saturated carbocycles. The van der Waals surface area contributed by atoms with Gasteiger partial charge in [0.1, 0.15) is 11.5 Å². The summed E-state index contributed by atoms with van der Waals surface area (Å²) in [7, 11) is 4.55. The Bertz CT molecular complexity index is 803. The Morgan fingerprint density at radius 2 is 1.59 bits per heavy atom. The van der Waals surface area contributed by atoms with Crippen molar-refractivity contribution >= 4 is 11.5 Å². The summed E-state index contributed by atoms with van der Waals surface area (Å²) in [4.78, 5) is 13.2. The molecular weight excluding hydrogens is 346 g/mol. The van der Waals surface area contributed by atoms with E-state index in [9.17, 15) is 4.79 Å². The Kier molecular flexibility index (Phi) is 6.93. The molecule has 0 aromatic heterocycles. The third-order valence-corrected chi connectivity index (χ3v) is 4.25. The van der Waals surface area contributed by atoms with Crippen molar-refractivity contribution < 1.29 is 23.7 Å². The zero-order valence-electron chi connectivity index (χ0n) is 16.5. The van der Waals surface area contributed by atoms with Gasteiger partial charge in [-0.1, -0.05) is 19.4 Å². The molecule has 0 radical (unpaired) electrons. The molecule has 2 aromatic rings. The number of rotatable bonds is 9. The molecule has 1 atom stereocenters. The molecule has 146 valence electrons. The molecule has 0 bridgehead atoms. The number of carbonyl (C=O) groups is 1. The molecule has 0 amide bonds. The SMILES string of the molecule is CCCC(Oc1ccc(C)cc1N)C(=O)c1cc(OC)c(OC)cc1OC. The lowest BCUT2D eigenvalue weighted by Crippen LogP contribution is -2.28. The second kappa shape index (κ2) is 9.16. The molecule has 6 heteroatoms. The fourth-order valence-corrected chi connectivity index (χ4v) is 2.83. The number of nitrogens with two attached hydrogens (primary N) is 1. The van der Waals surface area contributed by atoms with Gasteiger partial charge in [-0.05, 0) is 37.1 Å². The first-order valence-electron chi connectivity index (χ1n) is 8.82. The minimum atomic E-state index is -0.688. The van der Waals surface area contributed by atoms with Gasteiger partial charge in [-0.25, -0.2) is 0 Å². The third kappa shape index (κ3) is 4.64. The van der Waals surface area contributed by atoms with E-state index in [0.29, 0.717) is 40.7 Å². The van der Waals surface area contributed by atoms with Gasteiger partial charge in [-0.15, -0.1) is 0 Å². The van der Waals surface area contributed by atoms with E-state index in [4.69, 9.17) is 24.7 Å². The number of ketones is 1. The zero-order chi connectivity index (χ0) is 20.0. The maximum atomic E-state index is 13.2. The minimum Gasteiger partial charge on any atom is -0.496 e. The van der Waals surface area contributed by atoms with Crippen molar-refractivity contribution in [1.82, 2.24) is 0 Å². The number of Topliss-reactive ketones (excluding diaryl/α,β-unsaturated/α-hetero) is 1. The standard InChI is InChI=1S/C21H27NO5/c1-6-7-17(27-16-9-8-13(2)10-15(16)22)21(23)14-11-19(25-4)20(26-5)12-18(14)24-3/h8-12,17H,6-7,22H2,1-5H3. The zero-order valence-corrected chi connectivity index (χ0v) is 16.5. The molecule has 0 aliphatic rings. The van der Waals surface area contributed by atoms with Crippen LogP contribution in [0.1, 0.15) is 35.7 Å². The third-order valence-electron chi connectivity index (χ3n) is 4.25. The number of aryl methyl sites for hydroxylation is 1. The highest BCUT2D eigenvalue weighted by Gasteiger charge is 2.27. The molecule has 2 N–H and O–H groups in total. The summed E-state index contributed by atoms with van der Waals surface area (Å²) < 4.78 is 22.0. The maximum Gasteiger partial charge on any atom is 0.207 e. The lowest BCUT2D eigenvalue weighted by atomic mass is 10.0. The van der Waals surface area contributed by atoms with Gasteiger partial charge in [0.05, 0.1) is 32.6 Å². The fourth-order valence-electron chi connectivity index (χ4n) is 2.83. The number of anilines is 1. The molecule has 0 aliphatic heterocycles. The predicted molar refractivity (Wildman–Crippen MR) is 105 cm³/mol. The van der Waals surface area contributed by atoms with Gasteiger partial charge >= 0.3 is 0 Å². The van der Waals surface area contributed by atoms with Gasteiger partial charge in [0.2, 0.25) is 5.78 Å². The smallest absolute Gasteiger partial charge is 0.207 e. The number of ether oxygens (including phenoxy) is 4. The van der Waals surface area contributed by atoms with Gasteiger partial charge in [-0.2, -0.15) is 0 Å². The summed E-state index contributed by atoms with van der Waals surface area (Å²) >= 11 is 0. The molecule has 6 nitrogen and oxygen atoms in total. The molecule has 1 unspecified atom stereocenters. The molecule has 0 saturated heterocycles. The Morgan fingerprint density at radius 1 is 0.963 bits per heavy atom. The second-order valence-electron chi connectivity index (χ2n) is 6.21. The van der Waals surface area contributed by atoms with Gasteiger partial charge in [-0.3, -0.25) is 4.79 Å². The summed E-state index contributed by atoms with van der Waals surface area (Å²) in [5.41, 5.74) is 7.95. The minimum absolute atomic E-state index is 0.199. The van der Waals surface area contributed by atoms with Crippen LogP contribution >= 0.6 is 0 Å². The summed E-state index contributed by atoms with van der Waals surface area (Å²) in [6, 6.07) is 8.75. The topological polar surface area (TPSA) is 80.0 Å². The lowest BCUT2D eigenvalue weighted by Gasteiger charge is -2.21. The van der Waals surface area contributed by atoms with Crippen LogP contribution < -0.4 is 24.7 Å². The molecule has 0 fully saturated rings. The highest BCUT2D eigenvalue weighted by molar-refractivity contribution is 6.02. The number of carbonyl (C=O) groups excluding carboxylic acids is 1. The van der Waals surface area contributed by atoms with E-state index in [2.05, 4.69) is 0 Å². The van der Waals surface area contributed by atoms with Gasteiger partial charge in [0.25, 0.3) is 0 Å². The predicted octanol–water partition coefficient (Wildman–Crippen LogP) is 4.03. The van der Waals surface area contributed by atoms with Crippen LogP contribution in [0.25, 0.3) is 0 Å². The fraction of sp³-hybridized carbons (Fsp3) is 0.381. The van der Waals surface area contributed by atoms with Crippen molar-refractivity contribution in [2.24, 2.45) is 0 Å². The van der Waals surface area contributed by atoms with E-state index < -0.39 is 6.10 Å². The van der Waals surface area contributed by atoms with E-state index >= 15 is 0 Å². The van der Waals surface area contributed by atoms with Crippen molar-refractivity contribution in [3.8, 4) is 23.0 Å². The summed E-state index contributed by atoms with van der Waals surface area (Å²) in [6.07, 6.45) is 0.633. The van der Waals surface area contributed by atoms with Crippen LogP contribution in [0.15, 0.2) is 30.3 Å². The van der Waals surface area contributed by atoms with E-state index in [1.807, 2.05) is 26.0 Å². The van der Waals surface area contributed by atoms with Crippen molar-refractivity contribution in [2.75, 3.05) is 27.1 Å². The lowest BCUT2D eigenvalue weighted by molar-refractivity contribution is 0.0775. The normalized spacial score (nSPS) is 11.6. The highest BCUT2D eigenvalue weighted by Crippen LogP contribution is 2.36. The maximum absolute atomic E-state index is 13.2. The monoisotopic (exact) mass is 373 g/mol. The van der Waals surface area contributed by atoms with Gasteiger partial charge < -0.3 is 24.7 Å². The summed E-state index contributed by atoms with van der Waals surface area (Å²) in [5, 5.41) is 0. The first kappa shape index (κ1) is 20.4. The molecule has 0 spiro atoms. The average molecular weight is 373 g/mol. The highest BCUT2D eigenvalue weighted by atomic mass is 16.5. The average Bonchev–Trinajstić information content (AvgIpc) is 2.67. The summed E-state index contributed by atoms with van der Waals surface area (Å²) in [6.45, 7) is 3.94. The van der Waals surface area contributed by atoms with Crippen molar-refractivity contribution in [3.63, 3.8) is 0 Å². The number of nitrogen functional groups attached to an aromatic ring is 1. The molecule has 2 rings (SSSR count). The Morgan fingerprint density at radius 3 is 2.15 bits per heavy atom. The van der Waals surface area contributed by atoms with Crippen LogP contribution in [-0.2, 0) is 0 Å². The van der Waals surface area contributed by atoms with Crippen molar-refractivity contribution in [1.29, 1.82) is 0 Å². The Balaban J connectivity index is 2.41. The molecule has 27 heavy (non-hydrogen) atoms. The van der Waals surface area contributed by atoms with Crippen LogP contribution in [0.4, 0.5) is 5.69 Å². The van der Waals surface area contributed by atoms with Crippen LogP contribution in [0.5, 0.6) is 23.0 Å². The number of benzene rings is 2. The first-order chi connectivity index (χ1) is 12.9. The van der Waals surface area contributed by atoms with E-state index in [-0.39, 0.29) is 5.78 Å². The Hall–Kier alpha value is -2.89. The summed E-state index contributed by atoms with van der Waals surface area (Å²) in [5.74, 6) is 1.63. The molecule has 0 heterocycles. The number of methoxy groups -OCH3 is 3. The Labute approximate surface area is 160 Å². The van der Waals surface area contributed by atoms with E-state index in [0.717, 1.165) is 12.0 Å². The van der Waals surface area contributed by atoms with Crippen LogP contribution in [-0.4, -0.2) is 33.2 Å². The van der Waals surface area contributed by atoms with Crippen molar-refractivity contribution in [2.45, 2.75) is 32.8 Å². The van der Waals surface area contributed by atoms with Crippen LogP contribution in [0.2, 0.25) is 0 Å². The van der Waals surface area contributed by atoms with E-state index in [1.165, 1.54) is 21.3 Å². The number of hydrogen-bond acceptors (Lipinski definition) is 6. The van der Waals surface area contributed by atoms with Crippen molar-refractivity contribution in [3.05, 3.63) is 41.5 Å². The van der Waals surface area contributed by atoms with Crippen LogP contribution in [0.3, 0.4) is 0 Å². The molecule has 2 aromatic carbocycles. The molecule has 0 aliphatic carbocycles. The quantitative estimate of drug-likeness (QED) is 0.528. The van der Waals surface area contributed by atoms with E-state index in [1.54, 1.807) is 18.2 Å². The second-order valence-corrected chi connectivity index (χ2v) is 6.21.